The molecular formula is C18H21ClN2OS. The summed E-state index contributed by atoms with van der Waals surface area (Å²) in [5.74, 6) is 3.73. The van der Waals surface area contributed by atoms with Crippen molar-refractivity contribution in [3.63, 3.8) is 0 Å². The summed E-state index contributed by atoms with van der Waals surface area (Å²) in [6, 6.07) is 5.94. The molecule has 4 aliphatic carbocycles. The maximum atomic E-state index is 6.00. The predicted molar refractivity (Wildman–Crippen MR) is 92.6 cm³/mol. The van der Waals surface area contributed by atoms with Crippen LogP contribution in [0.4, 0.5) is 0 Å². The van der Waals surface area contributed by atoms with Gasteiger partial charge in [0.15, 0.2) is 5.76 Å². The van der Waals surface area contributed by atoms with Gasteiger partial charge in [-0.2, -0.15) is 0 Å². The van der Waals surface area contributed by atoms with Gasteiger partial charge in [0.05, 0.1) is 14.9 Å². The number of halogens is 1. The van der Waals surface area contributed by atoms with E-state index in [0.717, 1.165) is 45.0 Å². The molecule has 2 aromatic rings. The molecule has 4 aliphatic rings. The van der Waals surface area contributed by atoms with Crippen molar-refractivity contribution in [1.82, 2.24) is 10.5 Å². The molecule has 0 radical (unpaired) electrons. The minimum Gasteiger partial charge on any atom is -0.355 e. The smallest absolute Gasteiger partial charge is 0.177 e. The number of aromatic nitrogens is 1. The quantitative estimate of drug-likeness (QED) is 0.833. The van der Waals surface area contributed by atoms with Crippen LogP contribution in [0.5, 0.6) is 0 Å². The lowest BCUT2D eigenvalue weighted by Crippen LogP contribution is -2.58. The van der Waals surface area contributed by atoms with Crippen LogP contribution in [-0.4, -0.2) is 10.7 Å². The molecule has 23 heavy (non-hydrogen) atoms. The van der Waals surface area contributed by atoms with E-state index in [9.17, 15) is 0 Å². The van der Waals surface area contributed by atoms with Crippen LogP contribution in [-0.2, 0) is 6.54 Å². The van der Waals surface area contributed by atoms with E-state index in [0.29, 0.717) is 5.54 Å². The third kappa shape index (κ3) is 2.65. The van der Waals surface area contributed by atoms with Gasteiger partial charge in [0.2, 0.25) is 0 Å². The fourth-order valence-electron chi connectivity index (χ4n) is 5.56. The Morgan fingerprint density at radius 1 is 1.17 bits per heavy atom. The first-order chi connectivity index (χ1) is 11.2. The van der Waals surface area contributed by atoms with Crippen molar-refractivity contribution in [2.24, 2.45) is 17.8 Å². The van der Waals surface area contributed by atoms with Crippen LogP contribution in [0.2, 0.25) is 4.34 Å². The monoisotopic (exact) mass is 348 g/mol. The molecule has 2 heterocycles. The summed E-state index contributed by atoms with van der Waals surface area (Å²) in [5, 5.41) is 8.11. The van der Waals surface area contributed by atoms with E-state index in [4.69, 9.17) is 16.1 Å². The maximum absolute atomic E-state index is 6.00. The van der Waals surface area contributed by atoms with Crippen molar-refractivity contribution in [3.05, 3.63) is 28.2 Å². The van der Waals surface area contributed by atoms with Gasteiger partial charge in [0.1, 0.15) is 0 Å². The largest absolute Gasteiger partial charge is 0.355 e. The molecular weight excluding hydrogens is 328 g/mol. The lowest BCUT2D eigenvalue weighted by atomic mass is 9.53. The third-order valence-electron chi connectivity index (χ3n) is 6.06. The molecule has 4 saturated carbocycles. The molecule has 0 spiro atoms. The van der Waals surface area contributed by atoms with Gasteiger partial charge in [-0.3, -0.25) is 0 Å². The Morgan fingerprint density at radius 2 is 1.87 bits per heavy atom. The van der Waals surface area contributed by atoms with Gasteiger partial charge < -0.3 is 9.84 Å². The van der Waals surface area contributed by atoms with Crippen LogP contribution in [0.15, 0.2) is 22.7 Å². The highest BCUT2D eigenvalue weighted by Crippen LogP contribution is 2.55. The van der Waals surface area contributed by atoms with Gasteiger partial charge in [-0.05, 0) is 68.4 Å². The maximum Gasteiger partial charge on any atom is 0.177 e. The number of thiophene rings is 1. The molecule has 2 aromatic heterocycles. The minimum absolute atomic E-state index is 0.375. The molecule has 0 aromatic carbocycles. The van der Waals surface area contributed by atoms with Crippen molar-refractivity contribution in [2.75, 3.05) is 0 Å². The Balaban J connectivity index is 1.29. The molecule has 6 rings (SSSR count). The van der Waals surface area contributed by atoms with E-state index >= 15 is 0 Å². The molecule has 0 aliphatic heterocycles. The Bertz CT molecular complexity index is 687. The average Bonchev–Trinajstić information content (AvgIpc) is 3.12. The highest BCUT2D eigenvalue weighted by atomic mass is 35.5. The lowest BCUT2D eigenvalue weighted by Gasteiger charge is -2.57. The van der Waals surface area contributed by atoms with Crippen molar-refractivity contribution >= 4 is 22.9 Å². The van der Waals surface area contributed by atoms with Crippen molar-refractivity contribution < 1.29 is 4.52 Å². The van der Waals surface area contributed by atoms with E-state index < -0.39 is 0 Å². The lowest BCUT2D eigenvalue weighted by molar-refractivity contribution is -0.0208. The zero-order chi connectivity index (χ0) is 15.4. The summed E-state index contributed by atoms with van der Waals surface area (Å²) >= 11 is 7.53. The standard InChI is InChI=1S/C18H21ClN2OS/c19-17-2-1-16(23-17)15-6-14(21-22-15)10-20-18-7-11-3-12(8-18)5-13(4-11)9-18/h1-2,6,11-13,20H,3-5,7-10H2. The summed E-state index contributed by atoms with van der Waals surface area (Å²) in [6.45, 7) is 0.814. The molecule has 5 heteroatoms. The van der Waals surface area contributed by atoms with Gasteiger partial charge >= 0.3 is 0 Å². The predicted octanol–water partition coefficient (Wildman–Crippen LogP) is 5.11. The fourth-order valence-corrected chi connectivity index (χ4v) is 6.55. The Labute approximate surface area is 145 Å². The van der Waals surface area contributed by atoms with Crippen LogP contribution < -0.4 is 5.32 Å². The second-order valence-electron chi connectivity index (χ2n) is 7.84. The summed E-state index contributed by atoms with van der Waals surface area (Å²) in [4.78, 5) is 1.04. The Kier molecular flexibility index (Phi) is 3.36. The van der Waals surface area contributed by atoms with E-state index in [1.54, 1.807) is 0 Å². The second-order valence-corrected chi connectivity index (χ2v) is 9.55. The highest BCUT2D eigenvalue weighted by Gasteiger charge is 2.50. The molecule has 0 atom stereocenters. The average molecular weight is 349 g/mol. The first-order valence-corrected chi connectivity index (χ1v) is 9.83. The molecule has 122 valence electrons. The molecule has 4 bridgehead atoms. The Morgan fingerprint density at radius 3 is 2.48 bits per heavy atom. The first kappa shape index (κ1) is 14.5. The SMILES string of the molecule is Clc1ccc(-c2cc(CNC34CC5CC(CC(C5)C3)C4)no2)s1. The summed E-state index contributed by atoms with van der Waals surface area (Å²) in [7, 11) is 0. The number of hydrogen-bond acceptors (Lipinski definition) is 4. The van der Waals surface area contributed by atoms with Crippen LogP contribution in [0.1, 0.15) is 44.2 Å². The summed E-state index contributed by atoms with van der Waals surface area (Å²) in [5.41, 5.74) is 1.38. The summed E-state index contributed by atoms with van der Waals surface area (Å²) in [6.07, 6.45) is 8.54. The molecule has 0 saturated heterocycles. The van der Waals surface area contributed by atoms with Crippen molar-refractivity contribution in [2.45, 2.75) is 50.6 Å². The number of nitrogens with zero attached hydrogens (tertiary/aromatic N) is 1. The second kappa shape index (κ2) is 5.33. The fraction of sp³-hybridized carbons (Fsp3) is 0.611. The number of nitrogens with one attached hydrogen (secondary N) is 1. The van der Waals surface area contributed by atoms with E-state index in [2.05, 4.69) is 16.5 Å². The van der Waals surface area contributed by atoms with E-state index in [1.807, 2.05) is 12.1 Å². The third-order valence-corrected chi connectivity index (χ3v) is 7.30. The van der Waals surface area contributed by atoms with Gasteiger partial charge in [-0.15, -0.1) is 11.3 Å². The Hall–Kier alpha value is -0.840. The summed E-state index contributed by atoms with van der Waals surface area (Å²) < 4.78 is 6.28. The molecule has 0 unspecified atom stereocenters. The van der Waals surface area contributed by atoms with Crippen molar-refractivity contribution in [1.29, 1.82) is 0 Å². The van der Waals surface area contributed by atoms with Gasteiger partial charge in [-0.1, -0.05) is 16.8 Å². The normalized spacial score (nSPS) is 35.1. The van der Waals surface area contributed by atoms with E-state index in [-0.39, 0.29) is 0 Å². The molecule has 0 amide bonds. The zero-order valence-corrected chi connectivity index (χ0v) is 14.6. The van der Waals surface area contributed by atoms with Gasteiger partial charge in [0.25, 0.3) is 0 Å². The first-order valence-electron chi connectivity index (χ1n) is 8.64. The van der Waals surface area contributed by atoms with Crippen molar-refractivity contribution in [3.8, 4) is 10.6 Å². The zero-order valence-electron chi connectivity index (χ0n) is 13.1. The molecule has 1 N–H and O–H groups in total. The highest BCUT2D eigenvalue weighted by molar-refractivity contribution is 7.19. The van der Waals surface area contributed by atoms with E-state index in [1.165, 1.54) is 49.9 Å². The number of rotatable bonds is 4. The van der Waals surface area contributed by atoms with Crippen LogP contribution in [0.3, 0.4) is 0 Å². The van der Waals surface area contributed by atoms with Crippen LogP contribution >= 0.6 is 22.9 Å². The van der Waals surface area contributed by atoms with Crippen LogP contribution in [0.25, 0.3) is 10.6 Å². The minimum atomic E-state index is 0.375. The number of hydrogen-bond donors (Lipinski definition) is 1. The molecule has 4 fully saturated rings. The topological polar surface area (TPSA) is 38.1 Å². The van der Waals surface area contributed by atoms with Gasteiger partial charge in [-0.25, -0.2) is 0 Å². The van der Waals surface area contributed by atoms with Crippen LogP contribution in [0, 0.1) is 17.8 Å². The van der Waals surface area contributed by atoms with Gasteiger partial charge in [0, 0.05) is 18.2 Å². The molecule has 3 nitrogen and oxygen atoms in total.